The highest BCUT2D eigenvalue weighted by atomic mass is 19.4. The van der Waals surface area contributed by atoms with Crippen molar-refractivity contribution >= 4 is 17.8 Å². The zero-order chi connectivity index (χ0) is 29.7. The SMILES string of the molecule is CON(Cc1ccc(C(C)C(=O)NCc2ccc(C(F)(F)F)nc2N2CCC(C)CC2)cc1)C(=O)OC(C)(C)C. The van der Waals surface area contributed by atoms with Crippen LogP contribution in [-0.2, 0) is 33.6 Å². The first-order valence-corrected chi connectivity index (χ1v) is 13.4. The van der Waals surface area contributed by atoms with Crippen LogP contribution in [0.1, 0.15) is 75.8 Å². The second-order valence-corrected chi connectivity index (χ2v) is 11.2. The van der Waals surface area contributed by atoms with E-state index in [0.717, 1.165) is 35.1 Å². The zero-order valence-corrected chi connectivity index (χ0v) is 24.0. The number of halogens is 3. The average molecular weight is 565 g/mol. The Bertz CT molecular complexity index is 1160. The number of hydroxylamine groups is 2. The van der Waals surface area contributed by atoms with Crippen LogP contribution in [0.25, 0.3) is 0 Å². The summed E-state index contributed by atoms with van der Waals surface area (Å²) in [7, 11) is 1.38. The van der Waals surface area contributed by atoms with E-state index in [4.69, 9.17) is 9.57 Å². The summed E-state index contributed by atoms with van der Waals surface area (Å²) in [5, 5.41) is 3.97. The predicted octanol–water partition coefficient (Wildman–Crippen LogP) is 6.06. The van der Waals surface area contributed by atoms with Gasteiger partial charge in [-0.25, -0.2) is 9.78 Å². The Labute approximate surface area is 233 Å². The van der Waals surface area contributed by atoms with Crippen LogP contribution in [0.3, 0.4) is 0 Å². The molecule has 2 amide bonds. The number of hydrogen-bond donors (Lipinski definition) is 1. The van der Waals surface area contributed by atoms with E-state index in [1.807, 2.05) is 4.90 Å². The molecule has 8 nitrogen and oxygen atoms in total. The molecule has 220 valence electrons. The Morgan fingerprint density at radius 3 is 2.27 bits per heavy atom. The molecule has 11 heteroatoms. The van der Waals surface area contributed by atoms with Gasteiger partial charge in [-0.2, -0.15) is 18.2 Å². The van der Waals surface area contributed by atoms with Crippen molar-refractivity contribution in [3.8, 4) is 0 Å². The van der Waals surface area contributed by atoms with Crippen molar-refractivity contribution in [3.05, 3.63) is 58.8 Å². The summed E-state index contributed by atoms with van der Waals surface area (Å²) in [5.41, 5.74) is 0.464. The number of hydrogen-bond acceptors (Lipinski definition) is 6. The number of nitrogens with zero attached hydrogens (tertiary/aromatic N) is 3. The van der Waals surface area contributed by atoms with E-state index < -0.39 is 29.5 Å². The van der Waals surface area contributed by atoms with Gasteiger partial charge in [-0.1, -0.05) is 37.3 Å². The molecule has 2 aromatic rings. The summed E-state index contributed by atoms with van der Waals surface area (Å²) in [6.45, 7) is 10.6. The van der Waals surface area contributed by atoms with Gasteiger partial charge in [0.2, 0.25) is 5.91 Å². The van der Waals surface area contributed by atoms with Gasteiger partial charge in [-0.05, 0) is 63.6 Å². The average Bonchev–Trinajstić information content (AvgIpc) is 2.89. The highest BCUT2D eigenvalue weighted by Crippen LogP contribution is 2.32. The molecule has 0 saturated carbocycles. The number of nitrogens with one attached hydrogen (secondary N) is 1. The molecular formula is C29H39F3N4O4. The molecule has 1 fully saturated rings. The van der Waals surface area contributed by atoms with Gasteiger partial charge in [0.1, 0.15) is 17.1 Å². The molecule has 2 heterocycles. The third-order valence-electron chi connectivity index (χ3n) is 6.80. The first-order valence-electron chi connectivity index (χ1n) is 13.4. The van der Waals surface area contributed by atoms with Crippen LogP contribution in [-0.4, -0.2) is 47.8 Å². The van der Waals surface area contributed by atoms with E-state index in [9.17, 15) is 22.8 Å². The number of pyridine rings is 1. The number of alkyl halides is 3. The predicted molar refractivity (Wildman–Crippen MR) is 145 cm³/mol. The van der Waals surface area contributed by atoms with Gasteiger partial charge in [-0.15, -0.1) is 0 Å². The molecule has 0 spiro atoms. The van der Waals surface area contributed by atoms with E-state index in [1.54, 1.807) is 52.0 Å². The normalized spacial score (nSPS) is 15.5. The van der Waals surface area contributed by atoms with Crippen molar-refractivity contribution in [1.29, 1.82) is 0 Å². The van der Waals surface area contributed by atoms with E-state index in [-0.39, 0.29) is 24.8 Å². The summed E-state index contributed by atoms with van der Waals surface area (Å²) in [4.78, 5) is 36.3. The minimum atomic E-state index is -4.55. The number of amides is 2. The summed E-state index contributed by atoms with van der Waals surface area (Å²) in [6.07, 6.45) is -3.41. The molecule has 1 atom stereocenters. The van der Waals surface area contributed by atoms with E-state index >= 15 is 0 Å². The van der Waals surface area contributed by atoms with Gasteiger partial charge in [0, 0.05) is 25.2 Å². The Balaban J connectivity index is 1.66. The van der Waals surface area contributed by atoms with Crippen molar-refractivity contribution in [2.45, 2.75) is 78.2 Å². The Kier molecular flexibility index (Phi) is 10.0. The standard InChI is InChI=1S/C29H39F3N4O4/c1-19-13-15-35(16-14-19)25-23(11-12-24(34-25)29(30,31)32)17-33-26(37)20(2)22-9-7-21(8-10-22)18-36(39-6)27(38)40-28(3,4)5/h7-12,19-20H,13-18H2,1-6H3,(H,33,37). The van der Waals surface area contributed by atoms with Crippen molar-refractivity contribution in [2.24, 2.45) is 5.92 Å². The van der Waals surface area contributed by atoms with Gasteiger partial charge in [0.15, 0.2) is 0 Å². The van der Waals surface area contributed by atoms with Crippen LogP contribution in [0.2, 0.25) is 0 Å². The molecule has 1 aromatic heterocycles. The lowest BCUT2D eigenvalue weighted by atomic mass is 9.98. The van der Waals surface area contributed by atoms with Gasteiger partial charge >= 0.3 is 12.3 Å². The van der Waals surface area contributed by atoms with Gasteiger partial charge in [0.05, 0.1) is 19.6 Å². The topological polar surface area (TPSA) is 84.0 Å². The lowest BCUT2D eigenvalue weighted by Crippen LogP contribution is -2.36. The second-order valence-electron chi connectivity index (χ2n) is 11.2. The van der Waals surface area contributed by atoms with Crippen LogP contribution >= 0.6 is 0 Å². The summed E-state index contributed by atoms with van der Waals surface area (Å²) in [6, 6.07) is 9.54. The minimum Gasteiger partial charge on any atom is -0.442 e. The first-order chi connectivity index (χ1) is 18.7. The van der Waals surface area contributed by atoms with Gasteiger partial charge in [-0.3, -0.25) is 9.63 Å². The van der Waals surface area contributed by atoms with Crippen LogP contribution < -0.4 is 10.2 Å². The monoisotopic (exact) mass is 564 g/mol. The fourth-order valence-corrected chi connectivity index (χ4v) is 4.35. The molecule has 1 unspecified atom stereocenters. The third kappa shape index (κ3) is 8.58. The smallest absolute Gasteiger partial charge is 0.434 e. The molecule has 0 aliphatic carbocycles. The van der Waals surface area contributed by atoms with E-state index in [0.29, 0.717) is 24.6 Å². The van der Waals surface area contributed by atoms with Crippen molar-refractivity contribution in [3.63, 3.8) is 0 Å². The van der Waals surface area contributed by atoms with Gasteiger partial charge in [0.25, 0.3) is 0 Å². The van der Waals surface area contributed by atoms with Crippen LogP contribution in [0.15, 0.2) is 36.4 Å². The van der Waals surface area contributed by atoms with Gasteiger partial charge < -0.3 is 15.0 Å². The number of benzene rings is 1. The molecule has 1 aromatic carbocycles. The lowest BCUT2D eigenvalue weighted by Gasteiger charge is -2.33. The summed E-state index contributed by atoms with van der Waals surface area (Å²) < 4.78 is 45.5. The molecule has 1 saturated heterocycles. The molecule has 3 rings (SSSR count). The van der Waals surface area contributed by atoms with Crippen molar-refractivity contribution in [1.82, 2.24) is 15.4 Å². The van der Waals surface area contributed by atoms with Crippen molar-refractivity contribution < 1.29 is 32.3 Å². The Hall–Kier alpha value is -3.34. The zero-order valence-electron chi connectivity index (χ0n) is 24.0. The lowest BCUT2D eigenvalue weighted by molar-refractivity contribution is -0.141. The second kappa shape index (κ2) is 12.9. The molecular weight excluding hydrogens is 525 g/mol. The maximum Gasteiger partial charge on any atom is 0.434 e. The Morgan fingerprint density at radius 2 is 1.73 bits per heavy atom. The number of carbonyl (C=O) groups is 2. The Morgan fingerprint density at radius 1 is 1.10 bits per heavy atom. The van der Waals surface area contributed by atoms with E-state index in [1.165, 1.54) is 13.2 Å². The fraction of sp³-hybridized carbons (Fsp3) is 0.552. The number of ether oxygens (including phenoxy) is 1. The van der Waals surface area contributed by atoms with Crippen molar-refractivity contribution in [2.75, 3.05) is 25.1 Å². The maximum atomic E-state index is 13.4. The molecule has 0 radical (unpaired) electrons. The quantitative estimate of drug-likeness (QED) is 0.393. The third-order valence-corrected chi connectivity index (χ3v) is 6.80. The van der Waals surface area contributed by atoms with Crippen LogP contribution in [0, 0.1) is 5.92 Å². The number of anilines is 1. The first kappa shape index (κ1) is 31.2. The fourth-order valence-electron chi connectivity index (χ4n) is 4.35. The summed E-state index contributed by atoms with van der Waals surface area (Å²) >= 11 is 0. The molecule has 1 aliphatic heterocycles. The number of carbonyl (C=O) groups excluding carboxylic acids is 2. The maximum absolute atomic E-state index is 13.4. The molecule has 1 aliphatic rings. The summed E-state index contributed by atoms with van der Waals surface area (Å²) in [5.74, 6) is -0.00250. The van der Waals surface area contributed by atoms with Crippen LogP contribution in [0.5, 0.6) is 0 Å². The molecule has 40 heavy (non-hydrogen) atoms. The largest absolute Gasteiger partial charge is 0.442 e. The minimum absolute atomic E-state index is 0.0620. The van der Waals surface area contributed by atoms with Crippen LogP contribution in [0.4, 0.5) is 23.8 Å². The number of piperidine rings is 1. The highest BCUT2D eigenvalue weighted by molar-refractivity contribution is 5.83. The molecule has 0 bridgehead atoms. The molecule has 1 N–H and O–H groups in total. The highest BCUT2D eigenvalue weighted by Gasteiger charge is 2.34. The van der Waals surface area contributed by atoms with E-state index in [2.05, 4.69) is 17.2 Å². The number of aromatic nitrogens is 1. The number of rotatable bonds is 8.